The van der Waals surface area contributed by atoms with E-state index < -0.39 is 0 Å². The van der Waals surface area contributed by atoms with Gasteiger partial charge in [0.2, 0.25) is 11.8 Å². The van der Waals surface area contributed by atoms with Crippen molar-refractivity contribution in [2.75, 3.05) is 39.8 Å². The molecule has 0 aliphatic carbocycles. The fourth-order valence-electron chi connectivity index (χ4n) is 3.81. The molecule has 2 fully saturated rings. The van der Waals surface area contributed by atoms with Crippen molar-refractivity contribution in [2.24, 2.45) is 5.92 Å². The molecule has 1 aromatic carbocycles. The molecule has 0 aromatic heterocycles. The normalized spacial score (nSPS) is 23.3. The first-order chi connectivity index (χ1) is 11.6. The minimum absolute atomic E-state index is 0.0698. The standard InChI is InChI=1S/C19H27N3O2/c1-15(23)21-10-8-17(9-11-21)19(24)22-13-12-20(2)18(14-22)16-6-4-3-5-7-16/h3-7,17-18H,8-14H2,1-2H3/t18-/m0/s1. The highest BCUT2D eigenvalue weighted by Gasteiger charge is 2.33. The van der Waals surface area contributed by atoms with Gasteiger partial charge in [0, 0.05) is 45.6 Å². The van der Waals surface area contributed by atoms with Gasteiger partial charge in [-0.25, -0.2) is 0 Å². The van der Waals surface area contributed by atoms with Crippen molar-refractivity contribution in [1.29, 1.82) is 0 Å². The van der Waals surface area contributed by atoms with Gasteiger partial charge in [0.15, 0.2) is 0 Å². The molecule has 1 atom stereocenters. The lowest BCUT2D eigenvalue weighted by atomic mass is 9.94. The number of piperazine rings is 1. The zero-order valence-electron chi connectivity index (χ0n) is 14.6. The summed E-state index contributed by atoms with van der Waals surface area (Å²) in [5.74, 6) is 0.456. The van der Waals surface area contributed by atoms with Crippen LogP contribution in [0.3, 0.4) is 0 Å². The van der Waals surface area contributed by atoms with Gasteiger partial charge in [-0.15, -0.1) is 0 Å². The second-order valence-corrected chi connectivity index (χ2v) is 6.97. The van der Waals surface area contributed by atoms with Crippen LogP contribution in [-0.2, 0) is 9.59 Å². The van der Waals surface area contributed by atoms with Crippen LogP contribution in [0.25, 0.3) is 0 Å². The van der Waals surface area contributed by atoms with E-state index in [0.717, 1.165) is 32.5 Å². The molecule has 2 amide bonds. The summed E-state index contributed by atoms with van der Waals surface area (Å²) in [6.07, 6.45) is 1.58. The Labute approximate surface area is 144 Å². The van der Waals surface area contributed by atoms with Gasteiger partial charge in [-0.1, -0.05) is 30.3 Å². The van der Waals surface area contributed by atoms with Gasteiger partial charge in [0.05, 0.1) is 6.04 Å². The summed E-state index contributed by atoms with van der Waals surface area (Å²) in [4.78, 5) is 30.6. The first-order valence-electron chi connectivity index (χ1n) is 8.85. The molecule has 2 heterocycles. The summed E-state index contributed by atoms with van der Waals surface area (Å²) >= 11 is 0. The van der Waals surface area contributed by atoms with E-state index >= 15 is 0 Å². The summed E-state index contributed by atoms with van der Waals surface area (Å²) < 4.78 is 0. The summed E-state index contributed by atoms with van der Waals surface area (Å²) in [7, 11) is 2.13. The summed E-state index contributed by atoms with van der Waals surface area (Å²) in [6, 6.07) is 10.7. The molecule has 3 rings (SSSR count). The predicted molar refractivity (Wildman–Crippen MR) is 93.4 cm³/mol. The van der Waals surface area contributed by atoms with Crippen LogP contribution in [0.1, 0.15) is 31.4 Å². The van der Waals surface area contributed by atoms with Crippen molar-refractivity contribution in [3.63, 3.8) is 0 Å². The Morgan fingerprint density at radius 3 is 2.25 bits per heavy atom. The molecular weight excluding hydrogens is 302 g/mol. The molecule has 24 heavy (non-hydrogen) atoms. The fourth-order valence-corrected chi connectivity index (χ4v) is 3.81. The third kappa shape index (κ3) is 3.61. The fraction of sp³-hybridized carbons (Fsp3) is 0.579. The van der Waals surface area contributed by atoms with Gasteiger partial charge in [-0.2, -0.15) is 0 Å². The number of likely N-dealkylation sites (tertiary alicyclic amines) is 1. The number of carbonyl (C=O) groups is 2. The first-order valence-corrected chi connectivity index (χ1v) is 8.85. The van der Waals surface area contributed by atoms with Crippen LogP contribution in [-0.4, -0.2) is 66.3 Å². The van der Waals surface area contributed by atoms with E-state index in [1.807, 2.05) is 15.9 Å². The van der Waals surface area contributed by atoms with Crippen molar-refractivity contribution < 1.29 is 9.59 Å². The average Bonchev–Trinajstić information content (AvgIpc) is 2.62. The van der Waals surface area contributed by atoms with E-state index in [9.17, 15) is 9.59 Å². The minimum atomic E-state index is 0.0698. The van der Waals surface area contributed by atoms with Crippen molar-refractivity contribution in [2.45, 2.75) is 25.8 Å². The van der Waals surface area contributed by atoms with Crippen molar-refractivity contribution in [3.05, 3.63) is 35.9 Å². The monoisotopic (exact) mass is 329 g/mol. The quantitative estimate of drug-likeness (QED) is 0.830. The number of rotatable bonds is 2. The first kappa shape index (κ1) is 17.0. The topological polar surface area (TPSA) is 43.9 Å². The highest BCUT2D eigenvalue weighted by Crippen LogP contribution is 2.27. The Balaban J connectivity index is 1.63. The highest BCUT2D eigenvalue weighted by molar-refractivity contribution is 5.80. The van der Waals surface area contributed by atoms with E-state index in [1.165, 1.54) is 5.56 Å². The SMILES string of the molecule is CC(=O)N1CCC(C(=O)N2CCN(C)[C@H](c3ccccc3)C2)CC1. The third-order valence-corrected chi connectivity index (χ3v) is 5.43. The van der Waals surface area contributed by atoms with Crippen LogP contribution in [0.2, 0.25) is 0 Å². The Morgan fingerprint density at radius 1 is 0.958 bits per heavy atom. The van der Waals surface area contributed by atoms with E-state index in [2.05, 4.69) is 36.2 Å². The highest BCUT2D eigenvalue weighted by atomic mass is 16.2. The lowest BCUT2D eigenvalue weighted by Gasteiger charge is -2.42. The van der Waals surface area contributed by atoms with Crippen molar-refractivity contribution in [3.8, 4) is 0 Å². The van der Waals surface area contributed by atoms with E-state index in [4.69, 9.17) is 0 Å². The van der Waals surface area contributed by atoms with Gasteiger partial charge in [0.25, 0.3) is 0 Å². The van der Waals surface area contributed by atoms with Crippen LogP contribution in [0.4, 0.5) is 0 Å². The molecule has 1 aromatic rings. The van der Waals surface area contributed by atoms with E-state index in [0.29, 0.717) is 13.1 Å². The van der Waals surface area contributed by atoms with Crippen LogP contribution >= 0.6 is 0 Å². The van der Waals surface area contributed by atoms with Crippen molar-refractivity contribution in [1.82, 2.24) is 14.7 Å². The molecule has 2 aliphatic heterocycles. The van der Waals surface area contributed by atoms with Gasteiger partial charge in [-0.3, -0.25) is 14.5 Å². The molecule has 130 valence electrons. The molecule has 2 saturated heterocycles. The predicted octanol–water partition coefficient (Wildman–Crippen LogP) is 1.76. The van der Waals surface area contributed by atoms with Gasteiger partial charge in [0.1, 0.15) is 0 Å². The molecule has 0 radical (unpaired) electrons. The molecule has 0 saturated carbocycles. The van der Waals surface area contributed by atoms with Gasteiger partial charge < -0.3 is 9.80 Å². The van der Waals surface area contributed by atoms with Crippen LogP contribution in [0.15, 0.2) is 30.3 Å². The molecule has 0 N–H and O–H groups in total. The number of carbonyl (C=O) groups excluding carboxylic acids is 2. The molecule has 2 aliphatic rings. The van der Waals surface area contributed by atoms with E-state index in [1.54, 1.807) is 6.92 Å². The van der Waals surface area contributed by atoms with E-state index in [-0.39, 0.29) is 23.8 Å². The number of likely N-dealkylation sites (N-methyl/N-ethyl adjacent to an activating group) is 1. The molecule has 5 nitrogen and oxygen atoms in total. The second kappa shape index (κ2) is 7.34. The molecule has 0 unspecified atom stereocenters. The van der Waals surface area contributed by atoms with Crippen LogP contribution in [0, 0.1) is 5.92 Å². The third-order valence-electron chi connectivity index (χ3n) is 5.43. The Morgan fingerprint density at radius 2 is 1.62 bits per heavy atom. The molecule has 5 heteroatoms. The minimum Gasteiger partial charge on any atom is -0.343 e. The van der Waals surface area contributed by atoms with Crippen LogP contribution < -0.4 is 0 Å². The summed E-state index contributed by atoms with van der Waals surface area (Å²) in [6.45, 7) is 5.48. The Kier molecular flexibility index (Phi) is 5.19. The second-order valence-electron chi connectivity index (χ2n) is 6.97. The largest absolute Gasteiger partial charge is 0.343 e. The summed E-state index contributed by atoms with van der Waals surface area (Å²) in [5, 5.41) is 0. The lowest BCUT2D eigenvalue weighted by molar-refractivity contribution is -0.142. The maximum atomic E-state index is 12.9. The smallest absolute Gasteiger partial charge is 0.225 e. The molecular formula is C19H27N3O2. The number of amides is 2. The van der Waals surface area contributed by atoms with Crippen LogP contribution in [0.5, 0.6) is 0 Å². The summed E-state index contributed by atoms with van der Waals surface area (Å²) in [5.41, 5.74) is 1.27. The Bertz CT molecular complexity index is 582. The Hall–Kier alpha value is -1.88. The van der Waals surface area contributed by atoms with Crippen molar-refractivity contribution >= 4 is 11.8 Å². The maximum Gasteiger partial charge on any atom is 0.225 e. The zero-order valence-corrected chi connectivity index (χ0v) is 14.6. The number of nitrogens with zero attached hydrogens (tertiary/aromatic N) is 3. The number of hydrogen-bond acceptors (Lipinski definition) is 3. The van der Waals surface area contributed by atoms with Gasteiger partial charge >= 0.3 is 0 Å². The average molecular weight is 329 g/mol. The molecule has 0 spiro atoms. The number of hydrogen-bond donors (Lipinski definition) is 0. The molecule has 0 bridgehead atoms. The van der Waals surface area contributed by atoms with Gasteiger partial charge in [-0.05, 0) is 25.5 Å². The zero-order chi connectivity index (χ0) is 17.1. The lowest BCUT2D eigenvalue weighted by Crippen LogP contribution is -2.52. The number of piperidine rings is 1. The maximum absolute atomic E-state index is 12.9. The number of benzene rings is 1.